The van der Waals surface area contributed by atoms with E-state index in [1.807, 2.05) is 0 Å². The number of nitrogens with zero attached hydrogens (tertiary/aromatic N) is 1. The minimum absolute atomic E-state index is 0.260. The lowest BCUT2D eigenvalue weighted by Crippen LogP contribution is -2.33. The predicted octanol–water partition coefficient (Wildman–Crippen LogP) is -1.14. The van der Waals surface area contributed by atoms with Gasteiger partial charge in [0, 0.05) is 30.8 Å². The molecule has 0 aromatic carbocycles. The van der Waals surface area contributed by atoms with Gasteiger partial charge in [-0.05, 0) is 13.3 Å². The van der Waals surface area contributed by atoms with Crippen LogP contribution in [0.15, 0.2) is 15.8 Å². The van der Waals surface area contributed by atoms with Crippen molar-refractivity contribution in [2.75, 3.05) is 6.54 Å². The molecule has 4 atom stereocenters. The number of aromatic amines is 1. The smallest absolute Gasteiger partial charge is 0.330 e. The predicted molar refractivity (Wildman–Crippen MR) is 67.0 cm³/mol. The lowest BCUT2D eigenvalue weighted by molar-refractivity contribution is -0.0241. The number of aryl methyl sites for hydroxylation is 1. The fraction of sp³-hybridized carbons (Fsp3) is 0.667. The van der Waals surface area contributed by atoms with E-state index in [0.29, 0.717) is 18.0 Å². The van der Waals surface area contributed by atoms with Crippen molar-refractivity contribution in [2.24, 2.45) is 0 Å². The van der Waals surface area contributed by atoms with Crippen LogP contribution in [0.4, 0.5) is 0 Å². The molecule has 2 saturated heterocycles. The number of ether oxygens (including phenoxy) is 1. The minimum atomic E-state index is -0.577. The van der Waals surface area contributed by atoms with E-state index in [9.17, 15) is 14.7 Å². The quantitative estimate of drug-likeness (QED) is 0.600. The van der Waals surface area contributed by atoms with Crippen molar-refractivity contribution >= 4 is 0 Å². The number of aliphatic hydroxyl groups excluding tert-OH is 1. The van der Waals surface area contributed by atoms with E-state index in [0.717, 1.165) is 13.0 Å². The fourth-order valence-electron chi connectivity index (χ4n) is 2.43. The number of rotatable bonds is 3. The van der Waals surface area contributed by atoms with Crippen molar-refractivity contribution < 1.29 is 9.84 Å². The highest BCUT2D eigenvalue weighted by molar-refractivity contribution is 5.02. The highest BCUT2D eigenvalue weighted by Crippen LogP contribution is 2.31. The van der Waals surface area contributed by atoms with Crippen LogP contribution >= 0.6 is 0 Å². The third-order valence-corrected chi connectivity index (χ3v) is 3.67. The molecule has 0 spiro atoms. The van der Waals surface area contributed by atoms with E-state index in [1.165, 1.54) is 10.8 Å². The Balaban J connectivity index is 1.81. The van der Waals surface area contributed by atoms with Gasteiger partial charge in [0.25, 0.3) is 5.56 Å². The number of aliphatic hydroxyl groups is 1. The van der Waals surface area contributed by atoms with E-state index in [1.54, 1.807) is 6.92 Å². The first-order valence-electron chi connectivity index (χ1n) is 6.43. The van der Waals surface area contributed by atoms with Crippen LogP contribution in [0.3, 0.4) is 0 Å². The van der Waals surface area contributed by atoms with Crippen molar-refractivity contribution in [3.8, 4) is 0 Å². The Hall–Kier alpha value is -1.44. The molecule has 0 bridgehead atoms. The normalized spacial score (nSPS) is 33.6. The van der Waals surface area contributed by atoms with E-state index in [4.69, 9.17) is 4.74 Å². The summed E-state index contributed by atoms with van der Waals surface area (Å²) >= 11 is 0. The molecule has 19 heavy (non-hydrogen) atoms. The molecule has 2 aliphatic rings. The number of hydrogen-bond acceptors (Lipinski definition) is 5. The zero-order valence-corrected chi connectivity index (χ0v) is 10.6. The second kappa shape index (κ2) is 4.59. The second-order valence-electron chi connectivity index (χ2n) is 5.25. The Morgan fingerprint density at radius 3 is 2.95 bits per heavy atom. The summed E-state index contributed by atoms with van der Waals surface area (Å²) in [6.45, 7) is 2.58. The van der Waals surface area contributed by atoms with E-state index < -0.39 is 23.6 Å². The molecular formula is C12H17N3O4. The standard InChI is InChI=1S/C12H17N3O4/c1-6-5-15(12(18)14-11(6)17)10-3-8(16)9(19-10)2-7-4-13-7/h5,7-10,13,16H,2-4H2,1H3,(H,14,17,18)/t7?,8?,9-,10-/m1/s1. The number of aromatic nitrogens is 2. The topological polar surface area (TPSA) is 106 Å². The summed E-state index contributed by atoms with van der Waals surface area (Å²) in [6.07, 6.45) is 1.24. The zero-order chi connectivity index (χ0) is 13.6. The van der Waals surface area contributed by atoms with Crippen LogP contribution in [0.5, 0.6) is 0 Å². The summed E-state index contributed by atoms with van der Waals surface area (Å²) in [7, 11) is 0. The molecule has 0 aliphatic carbocycles. The number of nitrogens with one attached hydrogen (secondary N) is 2. The molecule has 3 heterocycles. The molecule has 2 unspecified atom stereocenters. The summed E-state index contributed by atoms with van der Waals surface area (Å²) in [5, 5.41) is 13.1. The molecule has 3 rings (SSSR count). The summed E-state index contributed by atoms with van der Waals surface area (Å²) in [5.41, 5.74) is -0.443. The molecule has 0 saturated carbocycles. The Kier molecular flexibility index (Phi) is 3.04. The third-order valence-electron chi connectivity index (χ3n) is 3.67. The molecule has 7 nitrogen and oxygen atoms in total. The molecule has 2 aliphatic heterocycles. The average Bonchev–Trinajstić information content (AvgIpc) is 3.09. The first-order valence-corrected chi connectivity index (χ1v) is 6.43. The van der Waals surface area contributed by atoms with Crippen molar-refractivity contribution in [1.29, 1.82) is 0 Å². The molecule has 2 fully saturated rings. The van der Waals surface area contributed by atoms with Gasteiger partial charge in [-0.15, -0.1) is 0 Å². The van der Waals surface area contributed by atoms with Gasteiger partial charge in [-0.1, -0.05) is 0 Å². The maximum atomic E-state index is 11.8. The second-order valence-corrected chi connectivity index (χ2v) is 5.25. The van der Waals surface area contributed by atoms with Gasteiger partial charge < -0.3 is 15.2 Å². The van der Waals surface area contributed by atoms with Crippen molar-refractivity contribution in [1.82, 2.24) is 14.9 Å². The van der Waals surface area contributed by atoms with Crippen molar-refractivity contribution in [3.63, 3.8) is 0 Å². The van der Waals surface area contributed by atoms with E-state index >= 15 is 0 Å². The Labute approximate surface area is 109 Å². The molecule has 0 radical (unpaired) electrons. The van der Waals surface area contributed by atoms with Crippen LogP contribution in [-0.2, 0) is 4.74 Å². The van der Waals surface area contributed by atoms with Crippen molar-refractivity contribution in [2.45, 2.75) is 44.2 Å². The van der Waals surface area contributed by atoms with Gasteiger partial charge in [-0.2, -0.15) is 0 Å². The molecule has 3 N–H and O–H groups in total. The van der Waals surface area contributed by atoms with Gasteiger partial charge in [0.2, 0.25) is 0 Å². The maximum absolute atomic E-state index is 11.8. The monoisotopic (exact) mass is 267 g/mol. The molecule has 7 heteroatoms. The van der Waals surface area contributed by atoms with E-state index in [-0.39, 0.29) is 6.10 Å². The Morgan fingerprint density at radius 1 is 1.53 bits per heavy atom. The lowest BCUT2D eigenvalue weighted by atomic mass is 10.1. The Bertz CT molecular complexity index is 589. The summed E-state index contributed by atoms with van der Waals surface area (Å²) in [5.74, 6) is 0. The van der Waals surface area contributed by atoms with Gasteiger partial charge in [0.1, 0.15) is 6.23 Å². The zero-order valence-electron chi connectivity index (χ0n) is 10.6. The summed E-state index contributed by atoms with van der Waals surface area (Å²) in [4.78, 5) is 25.3. The first-order chi connectivity index (χ1) is 9.04. The molecule has 0 amide bonds. The molecule has 1 aromatic heterocycles. The Morgan fingerprint density at radius 2 is 2.26 bits per heavy atom. The van der Waals surface area contributed by atoms with Crippen molar-refractivity contribution in [3.05, 3.63) is 32.6 Å². The SMILES string of the molecule is Cc1cn([C@H]2CC(O)[C@@H](CC3CN3)O2)c(=O)[nH]c1=O. The van der Waals surface area contributed by atoms with Crippen LogP contribution in [-0.4, -0.2) is 39.5 Å². The summed E-state index contributed by atoms with van der Waals surface area (Å²) in [6, 6.07) is 0.410. The molecule has 104 valence electrons. The average molecular weight is 267 g/mol. The van der Waals surface area contributed by atoms with Gasteiger partial charge in [0.05, 0.1) is 12.2 Å². The fourth-order valence-corrected chi connectivity index (χ4v) is 2.43. The van der Waals surface area contributed by atoms with Crippen LogP contribution in [0, 0.1) is 6.92 Å². The van der Waals surface area contributed by atoms with Gasteiger partial charge in [0.15, 0.2) is 0 Å². The van der Waals surface area contributed by atoms with Gasteiger partial charge in [-0.3, -0.25) is 14.3 Å². The number of H-pyrrole nitrogens is 1. The lowest BCUT2D eigenvalue weighted by Gasteiger charge is -2.15. The third kappa shape index (κ3) is 2.49. The minimum Gasteiger partial charge on any atom is -0.390 e. The van der Waals surface area contributed by atoms with Crippen LogP contribution in [0.25, 0.3) is 0 Å². The highest BCUT2D eigenvalue weighted by Gasteiger charge is 2.38. The van der Waals surface area contributed by atoms with Crippen LogP contribution in [0.2, 0.25) is 0 Å². The largest absolute Gasteiger partial charge is 0.390 e. The van der Waals surface area contributed by atoms with Gasteiger partial charge >= 0.3 is 5.69 Å². The number of hydrogen-bond donors (Lipinski definition) is 3. The molecule has 1 aromatic rings. The van der Waals surface area contributed by atoms with E-state index in [2.05, 4.69) is 10.3 Å². The first kappa shape index (κ1) is 12.6. The van der Waals surface area contributed by atoms with Crippen LogP contribution < -0.4 is 16.6 Å². The maximum Gasteiger partial charge on any atom is 0.330 e. The molecular weight excluding hydrogens is 250 g/mol. The van der Waals surface area contributed by atoms with Crippen LogP contribution in [0.1, 0.15) is 24.6 Å². The van der Waals surface area contributed by atoms with Gasteiger partial charge in [-0.25, -0.2) is 4.79 Å². The highest BCUT2D eigenvalue weighted by atomic mass is 16.5. The summed E-state index contributed by atoms with van der Waals surface area (Å²) < 4.78 is 7.08.